The lowest BCUT2D eigenvalue weighted by atomic mass is 9.85. The molecule has 11 heteroatoms. The van der Waals surface area contributed by atoms with E-state index in [0.29, 0.717) is 26.2 Å². The summed E-state index contributed by atoms with van der Waals surface area (Å²) < 4.78 is 22.4. The molecule has 2 aliphatic rings. The second-order valence-corrected chi connectivity index (χ2v) is 11.8. The Morgan fingerprint density at radius 2 is 1.75 bits per heavy atom. The number of ketones is 1. The summed E-state index contributed by atoms with van der Waals surface area (Å²) in [7, 11) is 0. The summed E-state index contributed by atoms with van der Waals surface area (Å²) in [5.74, 6) is -4.15. The van der Waals surface area contributed by atoms with Gasteiger partial charge in [-0.2, -0.15) is 0 Å². The van der Waals surface area contributed by atoms with Crippen molar-refractivity contribution in [2.75, 3.05) is 33.0 Å². The fourth-order valence-corrected chi connectivity index (χ4v) is 5.88. The SMILES string of the molecule is CC(C)[C@@H]1N(C(=O)[C@@H](Cc2ccccc2)[C@@H]2O[C@](O)(CCCOCCOCCO)C(Br)=CC2=O)C(=O)OC1(C)C. The van der Waals surface area contributed by atoms with Crippen LogP contribution in [0.4, 0.5) is 4.79 Å². The third-order valence-electron chi connectivity index (χ3n) is 7.04. The number of aliphatic hydroxyl groups is 2. The maximum absolute atomic E-state index is 14.1. The first-order valence-electron chi connectivity index (χ1n) is 13.6. The van der Waals surface area contributed by atoms with Gasteiger partial charge in [-0.05, 0) is 60.2 Å². The molecule has 0 radical (unpaired) electrons. The molecule has 1 aromatic rings. The lowest BCUT2D eigenvalue weighted by Gasteiger charge is -2.39. The molecule has 2 aliphatic heterocycles. The first-order valence-corrected chi connectivity index (χ1v) is 14.4. The van der Waals surface area contributed by atoms with E-state index in [-0.39, 0.29) is 36.5 Å². The summed E-state index contributed by atoms with van der Waals surface area (Å²) in [5, 5.41) is 20.2. The van der Waals surface area contributed by atoms with Crippen molar-refractivity contribution in [3.05, 3.63) is 46.5 Å². The van der Waals surface area contributed by atoms with Crippen LogP contribution in [0.3, 0.4) is 0 Å². The molecular formula is C29H40BrNO9. The minimum Gasteiger partial charge on any atom is -0.441 e. The van der Waals surface area contributed by atoms with Crippen LogP contribution in [-0.4, -0.2) is 89.5 Å². The molecule has 0 spiro atoms. The third-order valence-corrected chi connectivity index (χ3v) is 7.89. The van der Waals surface area contributed by atoms with Crippen molar-refractivity contribution in [2.24, 2.45) is 11.8 Å². The number of nitrogens with zero attached hydrogens (tertiary/aromatic N) is 1. The van der Waals surface area contributed by atoms with Gasteiger partial charge in [0, 0.05) is 13.0 Å². The number of cyclic esters (lactones) is 1. The molecule has 4 atom stereocenters. The van der Waals surface area contributed by atoms with Crippen molar-refractivity contribution in [3.63, 3.8) is 0 Å². The molecule has 0 bridgehead atoms. The quantitative estimate of drug-likeness (QED) is 0.299. The van der Waals surface area contributed by atoms with Gasteiger partial charge in [0.05, 0.1) is 42.9 Å². The normalized spacial score (nSPS) is 25.2. The highest BCUT2D eigenvalue weighted by atomic mass is 79.9. The number of amides is 2. The minimum absolute atomic E-state index is 0.0623. The smallest absolute Gasteiger partial charge is 0.417 e. The topological polar surface area (TPSA) is 132 Å². The highest BCUT2D eigenvalue weighted by Crippen LogP contribution is 2.40. The van der Waals surface area contributed by atoms with Gasteiger partial charge in [0.25, 0.3) is 0 Å². The van der Waals surface area contributed by atoms with Crippen LogP contribution in [0.15, 0.2) is 40.9 Å². The van der Waals surface area contributed by atoms with Gasteiger partial charge in [0.1, 0.15) is 11.7 Å². The van der Waals surface area contributed by atoms with Crippen LogP contribution in [0.5, 0.6) is 0 Å². The summed E-state index contributed by atoms with van der Waals surface area (Å²) in [4.78, 5) is 41.5. The van der Waals surface area contributed by atoms with Gasteiger partial charge < -0.3 is 29.2 Å². The van der Waals surface area contributed by atoms with E-state index in [0.717, 1.165) is 10.5 Å². The zero-order valence-corrected chi connectivity index (χ0v) is 25.1. The summed E-state index contributed by atoms with van der Waals surface area (Å²) in [5.41, 5.74) is -0.137. The van der Waals surface area contributed by atoms with Gasteiger partial charge in [-0.25, -0.2) is 9.69 Å². The van der Waals surface area contributed by atoms with Crippen LogP contribution in [-0.2, 0) is 35.0 Å². The van der Waals surface area contributed by atoms with Crippen molar-refractivity contribution in [2.45, 2.75) is 70.5 Å². The average molecular weight is 627 g/mol. The van der Waals surface area contributed by atoms with E-state index in [1.807, 2.05) is 44.2 Å². The number of ether oxygens (including phenoxy) is 4. The Balaban J connectivity index is 1.83. The van der Waals surface area contributed by atoms with Crippen molar-refractivity contribution in [1.82, 2.24) is 4.90 Å². The molecule has 222 valence electrons. The molecule has 1 saturated heterocycles. The minimum atomic E-state index is -1.87. The fraction of sp³-hybridized carbons (Fsp3) is 0.621. The molecule has 1 aromatic carbocycles. The zero-order chi connectivity index (χ0) is 29.5. The summed E-state index contributed by atoms with van der Waals surface area (Å²) in [6, 6.07) is 8.61. The van der Waals surface area contributed by atoms with E-state index >= 15 is 0 Å². The van der Waals surface area contributed by atoms with Crippen molar-refractivity contribution < 1.29 is 43.5 Å². The largest absolute Gasteiger partial charge is 0.441 e. The second kappa shape index (κ2) is 14.2. The number of carbonyl (C=O) groups excluding carboxylic acids is 3. The molecule has 0 aliphatic carbocycles. The van der Waals surface area contributed by atoms with Crippen molar-refractivity contribution >= 4 is 33.7 Å². The maximum Gasteiger partial charge on any atom is 0.417 e. The highest BCUT2D eigenvalue weighted by Gasteiger charge is 2.55. The van der Waals surface area contributed by atoms with Crippen molar-refractivity contribution in [1.29, 1.82) is 0 Å². The highest BCUT2D eigenvalue weighted by molar-refractivity contribution is 9.11. The number of carbonyl (C=O) groups is 3. The fourth-order valence-electron chi connectivity index (χ4n) is 5.36. The maximum atomic E-state index is 14.1. The molecule has 0 unspecified atom stereocenters. The van der Waals surface area contributed by atoms with Crippen LogP contribution in [0, 0.1) is 11.8 Å². The molecule has 10 nitrogen and oxygen atoms in total. The van der Waals surface area contributed by atoms with Gasteiger partial charge in [0.15, 0.2) is 11.6 Å². The first-order chi connectivity index (χ1) is 18.9. The van der Waals surface area contributed by atoms with E-state index < -0.39 is 47.2 Å². The summed E-state index contributed by atoms with van der Waals surface area (Å²) >= 11 is 3.27. The van der Waals surface area contributed by atoms with Crippen LogP contribution in [0.2, 0.25) is 0 Å². The van der Waals surface area contributed by atoms with Gasteiger partial charge >= 0.3 is 6.09 Å². The molecule has 1 fully saturated rings. The summed E-state index contributed by atoms with van der Waals surface area (Å²) in [6.07, 6.45) is -0.262. The monoisotopic (exact) mass is 625 g/mol. The number of rotatable bonds is 14. The molecule has 40 heavy (non-hydrogen) atoms. The van der Waals surface area contributed by atoms with E-state index in [1.165, 1.54) is 6.08 Å². The molecule has 2 N–H and O–H groups in total. The number of hydrogen-bond acceptors (Lipinski definition) is 9. The van der Waals surface area contributed by atoms with E-state index in [1.54, 1.807) is 13.8 Å². The lowest BCUT2D eigenvalue weighted by Crippen LogP contribution is -2.55. The van der Waals surface area contributed by atoms with Gasteiger partial charge in [-0.3, -0.25) is 9.59 Å². The Kier molecular flexibility index (Phi) is 11.5. The summed E-state index contributed by atoms with van der Waals surface area (Å²) in [6.45, 7) is 8.45. The lowest BCUT2D eigenvalue weighted by molar-refractivity contribution is -0.219. The molecular weight excluding hydrogens is 586 g/mol. The van der Waals surface area contributed by atoms with Gasteiger partial charge in [-0.1, -0.05) is 44.2 Å². The molecule has 0 saturated carbocycles. The van der Waals surface area contributed by atoms with E-state index in [4.69, 9.17) is 24.1 Å². The molecule has 2 heterocycles. The number of imide groups is 1. The van der Waals surface area contributed by atoms with Crippen LogP contribution in [0.1, 0.15) is 46.1 Å². The van der Waals surface area contributed by atoms with Gasteiger partial charge in [0.2, 0.25) is 5.91 Å². The van der Waals surface area contributed by atoms with Gasteiger partial charge in [-0.15, -0.1) is 0 Å². The average Bonchev–Trinajstić information content (AvgIpc) is 3.15. The number of benzene rings is 1. The second-order valence-electron chi connectivity index (χ2n) is 10.9. The standard InChI is InChI=1S/C29H40BrNO9/c1-19(2)25-28(3,4)40-27(35)31(25)26(34)21(17-20-9-6-5-7-10-20)24-22(33)18-23(30)29(36,39-24)11-8-13-37-15-16-38-14-12-32/h5-7,9-10,18-19,21,24-25,32,36H,8,11-17H2,1-4H3/t21-,24-,25-,29+/m0/s1. The Morgan fingerprint density at radius 3 is 2.38 bits per heavy atom. The van der Waals surface area contributed by atoms with E-state index in [2.05, 4.69) is 15.9 Å². The zero-order valence-electron chi connectivity index (χ0n) is 23.5. The third kappa shape index (κ3) is 7.77. The Bertz CT molecular complexity index is 1060. The van der Waals surface area contributed by atoms with Crippen LogP contribution in [0.25, 0.3) is 0 Å². The van der Waals surface area contributed by atoms with E-state index in [9.17, 15) is 19.5 Å². The Hall–Kier alpha value is -2.15. The number of hydrogen-bond donors (Lipinski definition) is 2. The van der Waals surface area contributed by atoms with Crippen molar-refractivity contribution in [3.8, 4) is 0 Å². The predicted molar refractivity (Wildman–Crippen MR) is 149 cm³/mol. The number of halogens is 1. The Morgan fingerprint density at radius 1 is 1.10 bits per heavy atom. The molecule has 0 aromatic heterocycles. The molecule has 2 amide bonds. The predicted octanol–water partition coefficient (Wildman–Crippen LogP) is 3.37. The first kappa shape index (κ1) is 32.4. The molecule has 3 rings (SSSR count). The van der Waals surface area contributed by atoms with Crippen LogP contribution < -0.4 is 0 Å². The van der Waals surface area contributed by atoms with Crippen LogP contribution >= 0.6 is 15.9 Å². The number of aliphatic hydroxyl groups excluding tert-OH is 1. The Labute approximate surface area is 243 Å².